The van der Waals surface area contributed by atoms with Crippen molar-refractivity contribution in [3.05, 3.63) is 29.7 Å². The van der Waals surface area contributed by atoms with E-state index in [1.807, 2.05) is 18.5 Å². The van der Waals surface area contributed by atoms with Crippen LogP contribution in [0.1, 0.15) is 11.3 Å². The molecule has 0 fully saturated rings. The van der Waals surface area contributed by atoms with Crippen molar-refractivity contribution in [1.29, 1.82) is 5.41 Å². The largest absolute Gasteiger partial charge is 0.384 e. The first-order valence-corrected chi connectivity index (χ1v) is 5.73. The van der Waals surface area contributed by atoms with E-state index < -0.39 is 0 Å². The van der Waals surface area contributed by atoms with Gasteiger partial charge in [-0.1, -0.05) is 0 Å². The summed E-state index contributed by atoms with van der Waals surface area (Å²) in [5, 5.41) is 16.7. The molecule has 0 radical (unpaired) electrons. The SMILES string of the molecule is Cc1cc(C(=N)N)cc(Sc2nncn2C)n1. The average molecular weight is 248 g/mol. The van der Waals surface area contributed by atoms with Gasteiger partial charge in [-0.3, -0.25) is 5.41 Å². The number of nitrogens with two attached hydrogens (primary N) is 1. The maximum atomic E-state index is 7.43. The lowest BCUT2D eigenvalue weighted by Gasteiger charge is -2.04. The molecular formula is C10H12N6S. The van der Waals surface area contributed by atoms with Gasteiger partial charge in [0.25, 0.3) is 0 Å². The molecule has 6 nitrogen and oxygen atoms in total. The molecule has 0 aliphatic heterocycles. The third-order valence-electron chi connectivity index (χ3n) is 2.11. The number of aryl methyl sites for hydroxylation is 2. The van der Waals surface area contributed by atoms with Crippen LogP contribution in [-0.2, 0) is 7.05 Å². The molecule has 2 aromatic heterocycles. The lowest BCUT2D eigenvalue weighted by atomic mass is 10.2. The summed E-state index contributed by atoms with van der Waals surface area (Å²) in [6.45, 7) is 1.87. The molecule has 0 aliphatic carbocycles. The van der Waals surface area contributed by atoms with Crippen molar-refractivity contribution in [3.8, 4) is 0 Å². The van der Waals surface area contributed by atoms with E-state index in [1.54, 1.807) is 18.5 Å². The number of pyridine rings is 1. The normalized spacial score (nSPS) is 10.5. The second-order valence-corrected chi connectivity index (χ2v) is 4.56. The predicted molar refractivity (Wildman–Crippen MR) is 65.1 cm³/mol. The summed E-state index contributed by atoms with van der Waals surface area (Å²) in [6.07, 6.45) is 1.63. The van der Waals surface area contributed by atoms with Gasteiger partial charge < -0.3 is 10.3 Å². The number of amidine groups is 1. The molecule has 0 atom stereocenters. The van der Waals surface area contributed by atoms with Crippen LogP contribution in [0, 0.1) is 12.3 Å². The van der Waals surface area contributed by atoms with Gasteiger partial charge in [0.2, 0.25) is 0 Å². The number of hydrogen-bond acceptors (Lipinski definition) is 5. The van der Waals surface area contributed by atoms with Crippen molar-refractivity contribution in [1.82, 2.24) is 19.7 Å². The summed E-state index contributed by atoms with van der Waals surface area (Å²) in [5.41, 5.74) is 6.96. The Morgan fingerprint density at radius 1 is 1.47 bits per heavy atom. The standard InChI is InChI=1S/C10H12N6S/c1-6-3-7(9(11)12)4-8(14-6)17-10-15-13-5-16(10)2/h3-5H,1-2H3,(H3,11,12). The molecule has 0 unspecified atom stereocenters. The zero-order chi connectivity index (χ0) is 12.4. The molecule has 0 bridgehead atoms. The smallest absolute Gasteiger partial charge is 0.197 e. The molecule has 3 N–H and O–H groups in total. The Labute approximate surface area is 103 Å². The third kappa shape index (κ3) is 2.62. The molecule has 0 saturated heterocycles. The molecule has 0 saturated carbocycles. The highest BCUT2D eigenvalue weighted by molar-refractivity contribution is 7.99. The minimum absolute atomic E-state index is 0.0373. The fourth-order valence-corrected chi connectivity index (χ4v) is 2.15. The molecule has 88 valence electrons. The molecule has 7 heteroatoms. The van der Waals surface area contributed by atoms with Gasteiger partial charge in [-0.25, -0.2) is 4.98 Å². The fourth-order valence-electron chi connectivity index (χ4n) is 1.30. The molecule has 0 aliphatic rings. The first kappa shape index (κ1) is 11.6. The highest BCUT2D eigenvalue weighted by Gasteiger charge is 2.08. The van der Waals surface area contributed by atoms with E-state index in [1.165, 1.54) is 11.8 Å². The van der Waals surface area contributed by atoms with E-state index in [2.05, 4.69) is 15.2 Å². The van der Waals surface area contributed by atoms with E-state index >= 15 is 0 Å². The maximum Gasteiger partial charge on any atom is 0.197 e. The van der Waals surface area contributed by atoms with Crippen LogP contribution in [0.4, 0.5) is 0 Å². The lowest BCUT2D eigenvalue weighted by Crippen LogP contribution is -2.11. The second-order valence-electron chi connectivity index (χ2n) is 3.58. The van der Waals surface area contributed by atoms with Crippen molar-refractivity contribution in [2.75, 3.05) is 0 Å². The maximum absolute atomic E-state index is 7.43. The minimum Gasteiger partial charge on any atom is -0.384 e. The number of nitrogen functional groups attached to an aromatic ring is 1. The molecule has 0 spiro atoms. The van der Waals surface area contributed by atoms with E-state index in [-0.39, 0.29) is 5.84 Å². The molecule has 0 aromatic carbocycles. The number of hydrogen-bond donors (Lipinski definition) is 2. The van der Waals surface area contributed by atoms with Gasteiger partial charge in [0.1, 0.15) is 17.2 Å². The monoisotopic (exact) mass is 248 g/mol. The lowest BCUT2D eigenvalue weighted by molar-refractivity contribution is 0.787. The zero-order valence-corrected chi connectivity index (χ0v) is 10.3. The Hall–Kier alpha value is -1.89. The average Bonchev–Trinajstić information content (AvgIpc) is 2.63. The Morgan fingerprint density at radius 3 is 2.82 bits per heavy atom. The highest BCUT2D eigenvalue weighted by atomic mass is 32.2. The fraction of sp³-hybridized carbons (Fsp3) is 0.200. The summed E-state index contributed by atoms with van der Waals surface area (Å²) in [5.74, 6) is 0.0373. The summed E-state index contributed by atoms with van der Waals surface area (Å²) in [7, 11) is 1.87. The van der Waals surface area contributed by atoms with Gasteiger partial charge in [-0.2, -0.15) is 0 Å². The molecule has 2 heterocycles. The van der Waals surface area contributed by atoms with Gasteiger partial charge in [-0.15, -0.1) is 10.2 Å². The van der Waals surface area contributed by atoms with Crippen LogP contribution in [0.2, 0.25) is 0 Å². The highest BCUT2D eigenvalue weighted by Crippen LogP contribution is 2.24. The van der Waals surface area contributed by atoms with Crippen molar-refractivity contribution >= 4 is 17.6 Å². The minimum atomic E-state index is 0.0373. The molecule has 2 rings (SSSR count). The third-order valence-corrected chi connectivity index (χ3v) is 3.08. The van der Waals surface area contributed by atoms with Crippen LogP contribution in [0.25, 0.3) is 0 Å². The first-order valence-electron chi connectivity index (χ1n) is 4.91. The van der Waals surface area contributed by atoms with Crippen molar-refractivity contribution in [2.45, 2.75) is 17.1 Å². The topological polar surface area (TPSA) is 93.5 Å². The van der Waals surface area contributed by atoms with Crippen molar-refractivity contribution in [2.24, 2.45) is 12.8 Å². The summed E-state index contributed by atoms with van der Waals surface area (Å²) in [4.78, 5) is 4.36. The van der Waals surface area contributed by atoms with Crippen molar-refractivity contribution in [3.63, 3.8) is 0 Å². The van der Waals surface area contributed by atoms with Crippen molar-refractivity contribution < 1.29 is 0 Å². The van der Waals surface area contributed by atoms with Crippen LogP contribution in [0.15, 0.2) is 28.6 Å². The van der Waals surface area contributed by atoms with Gasteiger partial charge in [0, 0.05) is 18.3 Å². The van der Waals surface area contributed by atoms with E-state index in [0.29, 0.717) is 5.56 Å². The van der Waals surface area contributed by atoms with E-state index in [0.717, 1.165) is 15.9 Å². The van der Waals surface area contributed by atoms with Gasteiger partial charge >= 0.3 is 0 Å². The number of rotatable bonds is 3. The predicted octanol–water partition coefficient (Wildman–Crippen LogP) is 0.954. The first-order chi connectivity index (χ1) is 8.06. The summed E-state index contributed by atoms with van der Waals surface area (Å²) < 4.78 is 1.81. The number of aromatic nitrogens is 4. The van der Waals surface area contributed by atoms with Crippen LogP contribution < -0.4 is 5.73 Å². The Bertz CT molecular complexity index is 562. The van der Waals surface area contributed by atoms with Crippen LogP contribution >= 0.6 is 11.8 Å². The molecular weight excluding hydrogens is 236 g/mol. The quantitative estimate of drug-likeness (QED) is 0.623. The summed E-state index contributed by atoms with van der Waals surface area (Å²) in [6, 6.07) is 3.55. The zero-order valence-electron chi connectivity index (χ0n) is 9.51. The summed E-state index contributed by atoms with van der Waals surface area (Å²) >= 11 is 1.39. The van der Waals surface area contributed by atoms with E-state index in [9.17, 15) is 0 Å². The van der Waals surface area contributed by atoms with Crippen LogP contribution in [-0.4, -0.2) is 25.6 Å². The number of nitrogens with one attached hydrogen (secondary N) is 1. The Kier molecular flexibility index (Phi) is 3.10. The van der Waals surface area contributed by atoms with Crippen LogP contribution in [0.3, 0.4) is 0 Å². The Balaban J connectivity index is 2.33. The van der Waals surface area contributed by atoms with Gasteiger partial charge in [0.15, 0.2) is 5.16 Å². The second kappa shape index (κ2) is 4.54. The Morgan fingerprint density at radius 2 is 2.24 bits per heavy atom. The molecule has 2 aromatic rings. The molecule has 17 heavy (non-hydrogen) atoms. The van der Waals surface area contributed by atoms with Gasteiger partial charge in [0.05, 0.1) is 0 Å². The van der Waals surface area contributed by atoms with E-state index in [4.69, 9.17) is 11.1 Å². The molecule has 0 amide bonds. The van der Waals surface area contributed by atoms with Crippen LogP contribution in [0.5, 0.6) is 0 Å². The van der Waals surface area contributed by atoms with Gasteiger partial charge in [-0.05, 0) is 30.8 Å². The number of nitrogens with zero attached hydrogens (tertiary/aromatic N) is 4.